The zero-order valence-corrected chi connectivity index (χ0v) is 15.1. The van der Waals surface area contributed by atoms with E-state index in [2.05, 4.69) is 31.8 Å². The molecule has 0 radical (unpaired) electrons. The van der Waals surface area contributed by atoms with Gasteiger partial charge < -0.3 is 10.2 Å². The third-order valence-electron chi connectivity index (χ3n) is 4.12. The number of amides is 1. The molecular formula is C16H22N6OS. The van der Waals surface area contributed by atoms with Crippen molar-refractivity contribution in [1.29, 1.82) is 0 Å². The number of hydrogen-bond donors (Lipinski definition) is 1. The molecule has 0 bridgehead atoms. The Kier molecular flexibility index (Phi) is 5.03. The molecule has 0 aliphatic heterocycles. The normalized spacial score (nSPS) is 16.5. The van der Waals surface area contributed by atoms with Crippen molar-refractivity contribution in [2.75, 3.05) is 19.0 Å². The predicted molar refractivity (Wildman–Crippen MR) is 93.5 cm³/mol. The Morgan fingerprint density at radius 1 is 1.46 bits per heavy atom. The van der Waals surface area contributed by atoms with Crippen LogP contribution < -0.4 is 10.2 Å². The lowest BCUT2D eigenvalue weighted by Crippen LogP contribution is -2.39. The molecule has 128 valence electrons. The molecule has 1 unspecified atom stereocenters. The summed E-state index contributed by atoms with van der Waals surface area (Å²) >= 11 is 1.17. The van der Waals surface area contributed by atoms with Crippen LogP contribution in [0.2, 0.25) is 0 Å². The Labute approximate surface area is 145 Å². The lowest BCUT2D eigenvalue weighted by atomic mass is 9.93. The van der Waals surface area contributed by atoms with E-state index < -0.39 is 0 Å². The SMILES string of the molecule is CCCc1nnsc1C(=O)NC1CCc2nc(N(C)C)ncc2C1. The van der Waals surface area contributed by atoms with Crippen molar-refractivity contribution in [3.05, 3.63) is 28.0 Å². The van der Waals surface area contributed by atoms with Crippen LogP contribution in [0.5, 0.6) is 0 Å². The van der Waals surface area contributed by atoms with Crippen molar-refractivity contribution in [1.82, 2.24) is 24.9 Å². The van der Waals surface area contributed by atoms with Crippen molar-refractivity contribution >= 4 is 23.4 Å². The number of anilines is 1. The number of nitrogens with one attached hydrogen (secondary N) is 1. The molecule has 1 aliphatic rings. The van der Waals surface area contributed by atoms with Gasteiger partial charge >= 0.3 is 0 Å². The van der Waals surface area contributed by atoms with Gasteiger partial charge in [0.25, 0.3) is 5.91 Å². The van der Waals surface area contributed by atoms with E-state index in [0.717, 1.165) is 55.0 Å². The highest BCUT2D eigenvalue weighted by atomic mass is 32.1. The van der Waals surface area contributed by atoms with Crippen molar-refractivity contribution in [3.8, 4) is 0 Å². The maximum absolute atomic E-state index is 12.5. The molecule has 0 spiro atoms. The molecule has 0 saturated carbocycles. The summed E-state index contributed by atoms with van der Waals surface area (Å²) in [6.07, 6.45) is 6.13. The monoisotopic (exact) mass is 346 g/mol. The van der Waals surface area contributed by atoms with Gasteiger partial charge in [-0.05, 0) is 42.8 Å². The number of aryl methyl sites for hydroxylation is 2. The van der Waals surface area contributed by atoms with E-state index >= 15 is 0 Å². The number of rotatable bonds is 5. The summed E-state index contributed by atoms with van der Waals surface area (Å²) in [6, 6.07) is 0.107. The predicted octanol–water partition coefficient (Wildman–Crippen LogP) is 1.63. The van der Waals surface area contributed by atoms with Crippen LogP contribution in [0.15, 0.2) is 6.20 Å². The van der Waals surface area contributed by atoms with Gasteiger partial charge in [0, 0.05) is 32.0 Å². The number of hydrogen-bond acceptors (Lipinski definition) is 7. The molecule has 2 aromatic rings. The lowest BCUT2D eigenvalue weighted by Gasteiger charge is -2.25. The van der Waals surface area contributed by atoms with Gasteiger partial charge in [-0.25, -0.2) is 9.97 Å². The quantitative estimate of drug-likeness (QED) is 0.886. The highest BCUT2D eigenvalue weighted by Gasteiger charge is 2.24. The Hall–Kier alpha value is -2.09. The minimum Gasteiger partial charge on any atom is -0.348 e. The summed E-state index contributed by atoms with van der Waals surface area (Å²) in [5, 5.41) is 7.19. The van der Waals surface area contributed by atoms with E-state index in [1.807, 2.05) is 25.2 Å². The topological polar surface area (TPSA) is 83.9 Å². The lowest BCUT2D eigenvalue weighted by molar-refractivity contribution is 0.0936. The van der Waals surface area contributed by atoms with E-state index in [1.54, 1.807) is 0 Å². The molecule has 1 atom stereocenters. The van der Waals surface area contributed by atoms with Crippen LogP contribution >= 0.6 is 11.5 Å². The molecule has 1 N–H and O–H groups in total. The Morgan fingerprint density at radius 3 is 3.04 bits per heavy atom. The summed E-state index contributed by atoms with van der Waals surface area (Å²) in [4.78, 5) is 24.0. The molecule has 2 aromatic heterocycles. The fourth-order valence-electron chi connectivity index (χ4n) is 2.87. The van der Waals surface area contributed by atoms with Crippen LogP contribution in [0.3, 0.4) is 0 Å². The maximum Gasteiger partial charge on any atom is 0.265 e. The van der Waals surface area contributed by atoms with Crippen LogP contribution in [0.25, 0.3) is 0 Å². The van der Waals surface area contributed by atoms with Gasteiger partial charge in [0.1, 0.15) is 4.88 Å². The van der Waals surface area contributed by atoms with E-state index in [4.69, 9.17) is 0 Å². The van der Waals surface area contributed by atoms with E-state index in [0.29, 0.717) is 4.88 Å². The van der Waals surface area contributed by atoms with Crippen LogP contribution in [0, 0.1) is 0 Å². The number of aromatic nitrogens is 4. The average Bonchev–Trinajstić information content (AvgIpc) is 3.03. The van der Waals surface area contributed by atoms with Gasteiger partial charge in [-0.2, -0.15) is 0 Å². The molecule has 7 nitrogen and oxygen atoms in total. The first-order chi connectivity index (χ1) is 11.6. The Balaban J connectivity index is 1.67. The summed E-state index contributed by atoms with van der Waals surface area (Å²) in [5.41, 5.74) is 3.01. The zero-order valence-electron chi connectivity index (χ0n) is 14.2. The number of carbonyl (C=O) groups is 1. The van der Waals surface area contributed by atoms with Crippen LogP contribution in [-0.4, -0.2) is 45.6 Å². The molecule has 0 fully saturated rings. The summed E-state index contributed by atoms with van der Waals surface area (Å²) in [6.45, 7) is 2.07. The summed E-state index contributed by atoms with van der Waals surface area (Å²) in [7, 11) is 3.87. The Bertz CT molecular complexity index is 729. The average molecular weight is 346 g/mol. The zero-order chi connectivity index (χ0) is 17.1. The molecule has 0 aromatic carbocycles. The van der Waals surface area contributed by atoms with Crippen molar-refractivity contribution < 1.29 is 4.79 Å². The van der Waals surface area contributed by atoms with Gasteiger partial charge in [0.2, 0.25) is 5.95 Å². The smallest absolute Gasteiger partial charge is 0.265 e. The standard InChI is InChI=1S/C16H22N6OS/c1-4-5-13-14(24-21-20-13)15(23)18-11-6-7-12-10(8-11)9-17-16(19-12)22(2)3/h9,11H,4-8H2,1-3H3,(H,18,23). The van der Waals surface area contributed by atoms with Crippen LogP contribution in [-0.2, 0) is 19.3 Å². The number of nitrogens with zero attached hydrogens (tertiary/aromatic N) is 5. The van der Waals surface area contributed by atoms with Crippen LogP contribution in [0.1, 0.15) is 46.4 Å². The fraction of sp³-hybridized carbons (Fsp3) is 0.562. The Morgan fingerprint density at radius 2 is 2.29 bits per heavy atom. The van der Waals surface area contributed by atoms with Gasteiger partial charge in [0.05, 0.1) is 5.69 Å². The third kappa shape index (κ3) is 3.53. The van der Waals surface area contributed by atoms with Crippen LogP contribution in [0.4, 0.5) is 5.95 Å². The van der Waals surface area contributed by atoms with Gasteiger partial charge in [-0.15, -0.1) is 5.10 Å². The second kappa shape index (κ2) is 7.21. The molecular weight excluding hydrogens is 324 g/mol. The van der Waals surface area contributed by atoms with Crippen molar-refractivity contribution in [3.63, 3.8) is 0 Å². The molecule has 1 aliphatic carbocycles. The molecule has 3 rings (SSSR count). The van der Waals surface area contributed by atoms with Crippen molar-refractivity contribution in [2.45, 2.75) is 45.1 Å². The van der Waals surface area contributed by atoms with Gasteiger partial charge in [0.15, 0.2) is 0 Å². The summed E-state index contributed by atoms with van der Waals surface area (Å²) < 4.78 is 3.92. The number of carbonyl (C=O) groups excluding carboxylic acids is 1. The highest BCUT2D eigenvalue weighted by molar-refractivity contribution is 7.08. The molecule has 0 saturated heterocycles. The second-order valence-corrected chi connectivity index (χ2v) is 7.00. The third-order valence-corrected chi connectivity index (χ3v) is 4.89. The first kappa shape index (κ1) is 16.8. The fourth-order valence-corrected chi connectivity index (χ4v) is 3.48. The molecule has 1 amide bonds. The summed E-state index contributed by atoms with van der Waals surface area (Å²) in [5.74, 6) is 0.670. The van der Waals surface area contributed by atoms with E-state index in [1.165, 1.54) is 11.5 Å². The first-order valence-corrected chi connectivity index (χ1v) is 9.00. The maximum atomic E-state index is 12.5. The minimum atomic E-state index is -0.0623. The van der Waals surface area contributed by atoms with Gasteiger partial charge in [-0.3, -0.25) is 4.79 Å². The number of fused-ring (bicyclic) bond motifs is 1. The van der Waals surface area contributed by atoms with Crippen molar-refractivity contribution in [2.24, 2.45) is 0 Å². The minimum absolute atomic E-state index is 0.0623. The largest absolute Gasteiger partial charge is 0.348 e. The second-order valence-electron chi connectivity index (χ2n) is 6.25. The highest BCUT2D eigenvalue weighted by Crippen LogP contribution is 2.22. The van der Waals surface area contributed by atoms with Gasteiger partial charge in [-0.1, -0.05) is 17.8 Å². The molecule has 8 heteroatoms. The van der Waals surface area contributed by atoms with E-state index in [-0.39, 0.29) is 11.9 Å². The molecule has 2 heterocycles. The first-order valence-electron chi connectivity index (χ1n) is 8.22. The molecule has 24 heavy (non-hydrogen) atoms. The van der Waals surface area contributed by atoms with E-state index in [9.17, 15) is 4.79 Å².